The van der Waals surface area contributed by atoms with Crippen molar-refractivity contribution in [3.8, 4) is 0 Å². The van der Waals surface area contributed by atoms with Gasteiger partial charge >= 0.3 is 23.9 Å². The Kier molecular flexibility index (Phi) is 49.5. The van der Waals surface area contributed by atoms with Gasteiger partial charge < -0.3 is 39.0 Å². The van der Waals surface area contributed by atoms with E-state index in [2.05, 4.69) is 130 Å². The molecule has 1 saturated heterocycles. The second-order valence-corrected chi connectivity index (χ2v) is 20.6. The first-order valence-corrected chi connectivity index (χ1v) is 30.9. The van der Waals surface area contributed by atoms with E-state index in [-0.39, 0.29) is 25.9 Å². The molecule has 0 amide bonds. The first kappa shape index (κ1) is 72.4. The van der Waals surface area contributed by atoms with Crippen molar-refractivity contribution in [2.75, 3.05) is 13.2 Å². The summed E-state index contributed by atoms with van der Waals surface area (Å²) in [5.74, 6) is -3.22. The van der Waals surface area contributed by atoms with Gasteiger partial charge in [0.2, 0.25) is 0 Å². The topological polar surface area (TPSA) is 175 Å². The molecule has 1 fully saturated rings. The van der Waals surface area contributed by atoms with E-state index in [1.165, 1.54) is 51.4 Å². The average Bonchev–Trinajstić information content (AvgIpc) is 3.47. The molecule has 0 aliphatic carbocycles. The number of hydrogen-bond acceptors (Lipinski definition) is 11. The predicted octanol–water partition coefficient (Wildman–Crippen LogP) is 16.2. The molecule has 1 rings (SSSR count). The van der Waals surface area contributed by atoms with Gasteiger partial charge in [0.1, 0.15) is 18.8 Å². The van der Waals surface area contributed by atoms with Crippen molar-refractivity contribution in [3.63, 3.8) is 0 Å². The van der Waals surface area contributed by atoms with Gasteiger partial charge in [0, 0.05) is 19.3 Å². The Morgan fingerprint density at radius 1 is 0.430 bits per heavy atom. The monoisotopic (exact) mass is 1100 g/mol. The smallest absolute Gasteiger partial charge is 0.335 e. The maximum Gasteiger partial charge on any atom is 0.335 e. The molecule has 0 aromatic rings. The van der Waals surface area contributed by atoms with E-state index in [0.29, 0.717) is 19.3 Å². The van der Waals surface area contributed by atoms with Crippen LogP contribution in [0.25, 0.3) is 0 Å². The summed E-state index contributed by atoms with van der Waals surface area (Å²) in [7, 11) is 0. The molecule has 1 aliphatic rings. The molecule has 0 spiro atoms. The van der Waals surface area contributed by atoms with Crippen LogP contribution in [-0.2, 0) is 42.9 Å². The van der Waals surface area contributed by atoms with E-state index in [0.717, 1.165) is 128 Å². The van der Waals surface area contributed by atoms with Gasteiger partial charge in [-0.2, -0.15) is 0 Å². The maximum absolute atomic E-state index is 13.1. The number of aliphatic carboxylic acids is 1. The molecule has 12 heteroatoms. The summed E-state index contributed by atoms with van der Waals surface area (Å²) in [5.41, 5.74) is 0. The number of aliphatic hydroxyl groups excluding tert-OH is 2. The third kappa shape index (κ3) is 43.8. The summed E-state index contributed by atoms with van der Waals surface area (Å²) in [5, 5.41) is 31.5. The van der Waals surface area contributed by atoms with Gasteiger partial charge in [-0.05, 0) is 122 Å². The van der Waals surface area contributed by atoms with Gasteiger partial charge in [0.05, 0.1) is 6.61 Å². The van der Waals surface area contributed by atoms with Crippen molar-refractivity contribution in [1.29, 1.82) is 0 Å². The second kappa shape index (κ2) is 54.0. The predicted molar refractivity (Wildman–Crippen MR) is 321 cm³/mol. The lowest BCUT2D eigenvalue weighted by molar-refractivity contribution is -0.301. The molecule has 12 nitrogen and oxygen atoms in total. The normalized spacial score (nSPS) is 18.6. The fraction of sp³-hybridized carbons (Fsp3) is 0.672. The molecule has 3 N–H and O–H groups in total. The largest absolute Gasteiger partial charge is 0.479 e. The number of unbranched alkanes of at least 4 members (excludes halogenated alkanes) is 19. The fourth-order valence-corrected chi connectivity index (χ4v) is 8.64. The quantitative estimate of drug-likeness (QED) is 0.0228. The van der Waals surface area contributed by atoms with E-state index in [4.69, 9.17) is 23.7 Å². The molecule has 0 aromatic heterocycles. The van der Waals surface area contributed by atoms with Crippen LogP contribution in [0.3, 0.4) is 0 Å². The minimum atomic E-state index is -1.92. The van der Waals surface area contributed by atoms with Gasteiger partial charge in [0.25, 0.3) is 0 Å². The number of allylic oxidation sites excluding steroid dienone is 18. The molecule has 0 aromatic carbocycles. The van der Waals surface area contributed by atoms with E-state index in [9.17, 15) is 34.5 Å². The number of rotatable bonds is 51. The number of carbonyl (C=O) groups excluding carboxylic acids is 3. The van der Waals surface area contributed by atoms with Gasteiger partial charge in [-0.1, -0.05) is 207 Å². The SMILES string of the molecule is CC/C=C\C/C=C\C/C=C\C/C=C\C/C=C\CCCCCC(=O)OCC(COC1OC(C(=O)O)C(O)C(O)C1OC(=O)CCCCCCCCC/C=C\CCCCCCCC)OC(=O)CCCCC/C=C\C/C=C\C/C=C\CC. The highest BCUT2D eigenvalue weighted by Gasteiger charge is 2.50. The highest BCUT2D eigenvalue weighted by atomic mass is 16.7. The molecular weight excluding hydrogens is 997 g/mol. The number of carbonyl (C=O) groups is 4. The van der Waals surface area contributed by atoms with Crippen LogP contribution in [0.4, 0.5) is 0 Å². The van der Waals surface area contributed by atoms with Crippen LogP contribution in [-0.4, -0.2) is 89.2 Å². The Hall–Kier alpha value is -4.62. The third-order valence-corrected chi connectivity index (χ3v) is 13.3. The molecule has 6 unspecified atom stereocenters. The van der Waals surface area contributed by atoms with E-state index < -0.39 is 67.3 Å². The zero-order valence-corrected chi connectivity index (χ0v) is 49.3. The standard InChI is InChI=1S/C67H108O12/c1-4-7-10-13-16-19-22-25-27-29-30-32-33-36-38-41-44-47-50-53-59(68)75-56-58(77-60(69)54-51-48-45-42-39-35-24-21-18-15-12-9-6-3)57-76-67-65(63(72)62(71)64(79-67)66(73)74)78-61(70)55-52-49-46-43-40-37-34-31-28-26-23-20-17-14-11-8-5-2/h7,9-10,12,16,18-19,21,25-28,30,32,35-36,38-39,58,62-65,67,71-72H,4-6,8,11,13-15,17,20,22-24,29,31,33-34,37,40-57H2,1-3H3,(H,73,74)/b10-7-,12-9-,19-16-,21-18-,27-25-,28-26-,32-30-,38-36-,39-35-. The molecule has 1 aliphatic heterocycles. The van der Waals surface area contributed by atoms with Crippen LogP contribution >= 0.6 is 0 Å². The van der Waals surface area contributed by atoms with Gasteiger partial charge in [-0.15, -0.1) is 0 Å². The number of aliphatic hydroxyl groups is 2. The van der Waals surface area contributed by atoms with Gasteiger partial charge in [-0.3, -0.25) is 14.4 Å². The minimum Gasteiger partial charge on any atom is -0.479 e. The van der Waals surface area contributed by atoms with E-state index in [1.807, 2.05) is 0 Å². The van der Waals surface area contributed by atoms with Crippen molar-refractivity contribution in [2.45, 2.75) is 276 Å². The third-order valence-electron chi connectivity index (χ3n) is 13.3. The molecule has 0 saturated carbocycles. The molecule has 0 radical (unpaired) electrons. The zero-order chi connectivity index (χ0) is 57.5. The molecule has 79 heavy (non-hydrogen) atoms. The average molecular weight is 1110 g/mol. The Balaban J connectivity index is 2.71. The van der Waals surface area contributed by atoms with Crippen LogP contribution in [0.1, 0.15) is 239 Å². The van der Waals surface area contributed by atoms with Crippen LogP contribution in [0.2, 0.25) is 0 Å². The zero-order valence-electron chi connectivity index (χ0n) is 49.3. The Morgan fingerprint density at radius 3 is 1.24 bits per heavy atom. The lowest BCUT2D eigenvalue weighted by atomic mass is 9.98. The fourth-order valence-electron chi connectivity index (χ4n) is 8.64. The van der Waals surface area contributed by atoms with Crippen LogP contribution < -0.4 is 0 Å². The number of esters is 3. The van der Waals surface area contributed by atoms with Crippen LogP contribution in [0.5, 0.6) is 0 Å². The van der Waals surface area contributed by atoms with Crippen LogP contribution in [0.15, 0.2) is 109 Å². The van der Waals surface area contributed by atoms with Crippen LogP contribution in [0, 0.1) is 0 Å². The first-order valence-electron chi connectivity index (χ1n) is 30.9. The van der Waals surface area contributed by atoms with Crippen molar-refractivity contribution in [2.24, 2.45) is 0 Å². The highest BCUT2D eigenvalue weighted by molar-refractivity contribution is 5.74. The molecular formula is C67H108O12. The van der Waals surface area contributed by atoms with Crippen molar-refractivity contribution in [3.05, 3.63) is 109 Å². The lowest BCUT2D eigenvalue weighted by Crippen LogP contribution is -2.61. The summed E-state index contributed by atoms with van der Waals surface area (Å²) in [6.45, 7) is 5.71. The summed E-state index contributed by atoms with van der Waals surface area (Å²) < 4.78 is 28.4. The molecule has 6 atom stereocenters. The number of carboxylic acids is 1. The Bertz CT molecular complexity index is 1790. The van der Waals surface area contributed by atoms with Crippen molar-refractivity contribution >= 4 is 23.9 Å². The van der Waals surface area contributed by atoms with E-state index in [1.54, 1.807) is 0 Å². The van der Waals surface area contributed by atoms with Gasteiger partial charge in [0.15, 0.2) is 24.6 Å². The summed E-state index contributed by atoms with van der Waals surface area (Å²) in [6, 6.07) is 0. The Labute approximate surface area is 478 Å². The minimum absolute atomic E-state index is 0.0438. The number of hydrogen-bond donors (Lipinski definition) is 3. The molecule has 1 heterocycles. The maximum atomic E-state index is 13.1. The van der Waals surface area contributed by atoms with Gasteiger partial charge in [-0.25, -0.2) is 4.79 Å². The number of carboxylic acid groups (broad SMARTS) is 1. The first-order chi connectivity index (χ1) is 38.6. The summed E-state index contributed by atoms with van der Waals surface area (Å²) >= 11 is 0. The summed E-state index contributed by atoms with van der Waals surface area (Å²) in [4.78, 5) is 51.2. The van der Waals surface area contributed by atoms with E-state index >= 15 is 0 Å². The number of ether oxygens (including phenoxy) is 5. The lowest BCUT2D eigenvalue weighted by Gasteiger charge is -2.40. The Morgan fingerprint density at radius 2 is 0.797 bits per heavy atom. The highest BCUT2D eigenvalue weighted by Crippen LogP contribution is 2.26. The van der Waals surface area contributed by atoms with Crippen molar-refractivity contribution in [1.82, 2.24) is 0 Å². The summed E-state index contributed by atoms with van der Waals surface area (Å²) in [6.07, 6.45) is 60.6. The van der Waals surface area contributed by atoms with Crippen molar-refractivity contribution < 1.29 is 58.2 Å². The molecule has 448 valence electrons. The second-order valence-electron chi connectivity index (χ2n) is 20.6. The molecule has 0 bridgehead atoms.